The topological polar surface area (TPSA) is 68.2 Å². The molecule has 1 fully saturated rings. The second-order valence-corrected chi connectivity index (χ2v) is 6.68. The number of carbonyl (C=O) groups is 1. The van der Waals surface area contributed by atoms with Crippen LogP contribution in [0.4, 0.5) is 4.39 Å². The Labute approximate surface area is 158 Å². The third kappa shape index (κ3) is 5.51. The quantitative estimate of drug-likeness (QED) is 0.736. The van der Waals surface area contributed by atoms with Crippen molar-refractivity contribution in [3.8, 4) is 0 Å². The predicted molar refractivity (Wildman–Crippen MR) is 96.4 cm³/mol. The van der Waals surface area contributed by atoms with Crippen molar-refractivity contribution in [1.29, 1.82) is 0 Å². The van der Waals surface area contributed by atoms with E-state index in [2.05, 4.69) is 0 Å². The highest BCUT2D eigenvalue weighted by Gasteiger charge is 2.31. The molecule has 27 heavy (non-hydrogen) atoms. The van der Waals surface area contributed by atoms with Crippen LogP contribution in [0.25, 0.3) is 0 Å². The predicted octanol–water partition coefficient (Wildman–Crippen LogP) is 2.19. The lowest BCUT2D eigenvalue weighted by molar-refractivity contribution is -0.155. The maximum Gasteiger partial charge on any atom is 0.288 e. The lowest BCUT2D eigenvalue weighted by Gasteiger charge is -2.33. The highest BCUT2D eigenvalue weighted by Crippen LogP contribution is 2.32. The summed E-state index contributed by atoms with van der Waals surface area (Å²) in [5, 5.41) is 8.89. The third-order valence-corrected chi connectivity index (χ3v) is 4.72. The van der Waals surface area contributed by atoms with Crippen molar-refractivity contribution in [1.82, 2.24) is 4.90 Å². The standard InChI is InChI=1S/C20H26FNO5/c21-17-5-3-15(4-6-17)16-13-18(20(24)22-7-11-25-12-8-22)27-19(14-16)26-10-2-1-9-23/h3-6,13,16,19,23H,1-2,7-12,14H2/t16-,19+/m1/s1. The molecule has 2 aliphatic heterocycles. The first-order chi connectivity index (χ1) is 13.2. The van der Waals surface area contributed by atoms with Gasteiger partial charge in [-0.3, -0.25) is 4.79 Å². The number of aliphatic hydroxyl groups excluding tert-OH is 1. The van der Waals surface area contributed by atoms with E-state index in [1.165, 1.54) is 12.1 Å². The van der Waals surface area contributed by atoms with Gasteiger partial charge in [0.05, 0.1) is 19.8 Å². The summed E-state index contributed by atoms with van der Waals surface area (Å²) >= 11 is 0. The van der Waals surface area contributed by atoms with E-state index in [9.17, 15) is 9.18 Å². The highest BCUT2D eigenvalue weighted by atomic mass is 19.1. The van der Waals surface area contributed by atoms with Crippen LogP contribution < -0.4 is 0 Å². The molecule has 1 aromatic carbocycles. The van der Waals surface area contributed by atoms with Crippen molar-refractivity contribution in [2.75, 3.05) is 39.5 Å². The molecular weight excluding hydrogens is 353 g/mol. The monoisotopic (exact) mass is 379 g/mol. The molecule has 0 radical (unpaired) electrons. The number of halogens is 1. The Bertz CT molecular complexity index is 642. The number of allylic oxidation sites excluding steroid dienone is 1. The normalized spacial score (nSPS) is 22.9. The Hall–Kier alpha value is -1.96. The van der Waals surface area contributed by atoms with E-state index in [1.807, 2.05) is 0 Å². The molecule has 0 aliphatic carbocycles. The van der Waals surface area contributed by atoms with Gasteiger partial charge in [0.15, 0.2) is 5.76 Å². The molecular formula is C20H26FNO5. The molecule has 2 heterocycles. The van der Waals surface area contributed by atoms with Crippen LogP contribution in [0.1, 0.15) is 30.7 Å². The Balaban J connectivity index is 1.73. The Kier molecular flexibility index (Phi) is 7.20. The number of benzene rings is 1. The van der Waals surface area contributed by atoms with Gasteiger partial charge in [-0.1, -0.05) is 12.1 Å². The van der Waals surface area contributed by atoms with Gasteiger partial charge in [0, 0.05) is 32.0 Å². The third-order valence-electron chi connectivity index (χ3n) is 4.72. The Morgan fingerprint density at radius 2 is 1.96 bits per heavy atom. The minimum absolute atomic E-state index is 0.0952. The summed E-state index contributed by atoms with van der Waals surface area (Å²) in [6.07, 6.45) is 3.17. The second kappa shape index (κ2) is 9.82. The molecule has 3 rings (SSSR count). The van der Waals surface area contributed by atoms with Crippen LogP contribution in [0.5, 0.6) is 0 Å². The second-order valence-electron chi connectivity index (χ2n) is 6.68. The first-order valence-electron chi connectivity index (χ1n) is 9.41. The van der Waals surface area contributed by atoms with Crippen LogP contribution in [0.15, 0.2) is 36.1 Å². The van der Waals surface area contributed by atoms with Gasteiger partial charge >= 0.3 is 0 Å². The average Bonchev–Trinajstić information content (AvgIpc) is 2.71. The summed E-state index contributed by atoms with van der Waals surface area (Å²) in [5.41, 5.74) is 0.913. The number of rotatable bonds is 7. The van der Waals surface area contributed by atoms with E-state index in [0.717, 1.165) is 5.56 Å². The number of amides is 1. The number of morpholine rings is 1. The van der Waals surface area contributed by atoms with E-state index in [0.29, 0.717) is 52.2 Å². The fraction of sp³-hybridized carbons (Fsp3) is 0.550. The van der Waals surface area contributed by atoms with Crippen molar-refractivity contribution in [2.45, 2.75) is 31.5 Å². The smallest absolute Gasteiger partial charge is 0.288 e. The van der Waals surface area contributed by atoms with Crippen LogP contribution in [-0.4, -0.2) is 61.7 Å². The maximum absolute atomic E-state index is 13.3. The highest BCUT2D eigenvalue weighted by molar-refractivity contribution is 5.91. The summed E-state index contributed by atoms with van der Waals surface area (Å²) in [7, 11) is 0. The SMILES string of the molecule is O=C(C1=C[C@@H](c2ccc(F)cc2)C[C@@H](OCCCCO)O1)N1CCOCC1. The zero-order valence-electron chi connectivity index (χ0n) is 15.3. The molecule has 2 aliphatic rings. The van der Waals surface area contributed by atoms with Gasteiger partial charge < -0.3 is 24.2 Å². The first kappa shape index (κ1) is 19.8. The molecule has 1 N–H and O–H groups in total. The van der Waals surface area contributed by atoms with Gasteiger partial charge in [-0.15, -0.1) is 0 Å². The summed E-state index contributed by atoms with van der Waals surface area (Å²) in [6.45, 7) is 2.66. The van der Waals surface area contributed by atoms with Gasteiger partial charge in [-0.05, 0) is 36.6 Å². The van der Waals surface area contributed by atoms with Crippen LogP contribution in [0.2, 0.25) is 0 Å². The van der Waals surface area contributed by atoms with Crippen molar-refractivity contribution < 1.29 is 28.5 Å². The fourth-order valence-electron chi connectivity index (χ4n) is 3.20. The zero-order valence-corrected chi connectivity index (χ0v) is 15.3. The molecule has 0 unspecified atom stereocenters. The van der Waals surface area contributed by atoms with Gasteiger partial charge in [0.1, 0.15) is 5.82 Å². The minimum Gasteiger partial charge on any atom is -0.459 e. The minimum atomic E-state index is -0.552. The van der Waals surface area contributed by atoms with Crippen LogP contribution in [-0.2, 0) is 19.0 Å². The van der Waals surface area contributed by atoms with Gasteiger partial charge in [0.2, 0.25) is 6.29 Å². The molecule has 1 saturated heterocycles. The zero-order chi connectivity index (χ0) is 19.1. The van der Waals surface area contributed by atoms with E-state index >= 15 is 0 Å². The number of ether oxygens (including phenoxy) is 3. The van der Waals surface area contributed by atoms with Crippen molar-refractivity contribution in [3.63, 3.8) is 0 Å². The number of nitrogens with zero attached hydrogens (tertiary/aromatic N) is 1. The van der Waals surface area contributed by atoms with Gasteiger partial charge in [-0.2, -0.15) is 0 Å². The molecule has 1 amide bonds. The average molecular weight is 379 g/mol. The van der Waals surface area contributed by atoms with E-state index in [-0.39, 0.29) is 30.0 Å². The molecule has 7 heteroatoms. The molecule has 148 valence electrons. The van der Waals surface area contributed by atoms with Crippen LogP contribution >= 0.6 is 0 Å². The molecule has 6 nitrogen and oxygen atoms in total. The molecule has 2 atom stereocenters. The van der Waals surface area contributed by atoms with Gasteiger partial charge in [-0.25, -0.2) is 4.39 Å². The van der Waals surface area contributed by atoms with Crippen molar-refractivity contribution in [2.24, 2.45) is 0 Å². The van der Waals surface area contributed by atoms with Crippen molar-refractivity contribution in [3.05, 3.63) is 47.5 Å². The molecule has 0 bridgehead atoms. The maximum atomic E-state index is 13.3. The summed E-state index contributed by atoms with van der Waals surface area (Å²) in [4.78, 5) is 14.5. The fourth-order valence-corrected chi connectivity index (χ4v) is 3.20. The number of carbonyl (C=O) groups excluding carboxylic acids is 1. The summed E-state index contributed by atoms with van der Waals surface area (Å²) in [5.74, 6) is -0.294. The Morgan fingerprint density at radius 3 is 2.67 bits per heavy atom. The number of hydrogen-bond acceptors (Lipinski definition) is 5. The number of unbranched alkanes of at least 4 members (excludes halogenated alkanes) is 1. The van der Waals surface area contributed by atoms with E-state index in [1.54, 1.807) is 23.1 Å². The Morgan fingerprint density at radius 1 is 1.22 bits per heavy atom. The van der Waals surface area contributed by atoms with Crippen LogP contribution in [0.3, 0.4) is 0 Å². The van der Waals surface area contributed by atoms with E-state index < -0.39 is 6.29 Å². The summed E-state index contributed by atoms with van der Waals surface area (Å²) in [6, 6.07) is 6.28. The number of aliphatic hydroxyl groups is 1. The van der Waals surface area contributed by atoms with Crippen LogP contribution in [0, 0.1) is 5.82 Å². The lowest BCUT2D eigenvalue weighted by atomic mass is 9.93. The van der Waals surface area contributed by atoms with Crippen molar-refractivity contribution >= 4 is 5.91 Å². The molecule has 0 spiro atoms. The number of hydrogen-bond donors (Lipinski definition) is 1. The largest absolute Gasteiger partial charge is 0.459 e. The first-order valence-corrected chi connectivity index (χ1v) is 9.41. The van der Waals surface area contributed by atoms with Gasteiger partial charge in [0.25, 0.3) is 5.91 Å². The molecule has 0 saturated carbocycles. The molecule has 1 aromatic rings. The summed E-state index contributed by atoms with van der Waals surface area (Å²) < 4.78 is 30.2. The van der Waals surface area contributed by atoms with E-state index in [4.69, 9.17) is 19.3 Å². The molecule has 0 aromatic heterocycles. The lowest BCUT2D eigenvalue weighted by Crippen LogP contribution is -2.43.